The van der Waals surface area contributed by atoms with E-state index in [2.05, 4.69) is 60.7 Å². The van der Waals surface area contributed by atoms with Gasteiger partial charge in [-0.05, 0) is 37.3 Å². The molecule has 1 fully saturated rings. The smallest absolute Gasteiger partial charge is 0.191 e. The van der Waals surface area contributed by atoms with Crippen molar-refractivity contribution in [3.63, 3.8) is 0 Å². The first-order valence-electron chi connectivity index (χ1n) is 9.78. The van der Waals surface area contributed by atoms with E-state index in [1.165, 1.54) is 11.1 Å². The lowest BCUT2D eigenvalue weighted by molar-refractivity contribution is 0.410. The van der Waals surface area contributed by atoms with Crippen molar-refractivity contribution in [2.75, 3.05) is 19.3 Å². The lowest BCUT2D eigenvalue weighted by atomic mass is 9.82. The van der Waals surface area contributed by atoms with Crippen LogP contribution >= 0.6 is 24.0 Å². The first-order chi connectivity index (χ1) is 12.4. The summed E-state index contributed by atoms with van der Waals surface area (Å²) in [5, 5.41) is 7.39. The van der Waals surface area contributed by atoms with E-state index in [1.54, 1.807) is 0 Å². The SMILES string of the molecule is CCS(=O)C1CCCC(NC(=NC)NCC(C)(C)c2ccccc2C)C1.I. The third kappa shape index (κ3) is 7.04. The van der Waals surface area contributed by atoms with Gasteiger partial charge < -0.3 is 10.6 Å². The van der Waals surface area contributed by atoms with Crippen molar-refractivity contribution >= 4 is 40.7 Å². The minimum absolute atomic E-state index is 0. The Labute approximate surface area is 184 Å². The molecule has 0 aliphatic heterocycles. The summed E-state index contributed by atoms with van der Waals surface area (Å²) in [6, 6.07) is 8.92. The number of aryl methyl sites for hydroxylation is 1. The van der Waals surface area contributed by atoms with Gasteiger partial charge >= 0.3 is 0 Å². The Bertz CT molecular complexity index is 648. The van der Waals surface area contributed by atoms with Gasteiger partial charge in [0.15, 0.2) is 5.96 Å². The molecule has 0 spiro atoms. The molecular formula is C21H36IN3OS. The van der Waals surface area contributed by atoms with Gasteiger partial charge in [0.25, 0.3) is 0 Å². The number of benzene rings is 1. The zero-order valence-corrected chi connectivity index (χ0v) is 20.5. The van der Waals surface area contributed by atoms with Crippen molar-refractivity contribution in [2.24, 2.45) is 4.99 Å². The van der Waals surface area contributed by atoms with Gasteiger partial charge in [0.05, 0.1) is 0 Å². The van der Waals surface area contributed by atoms with E-state index in [-0.39, 0.29) is 29.4 Å². The van der Waals surface area contributed by atoms with Crippen LogP contribution in [-0.2, 0) is 16.2 Å². The molecule has 2 N–H and O–H groups in total. The van der Waals surface area contributed by atoms with Crippen LogP contribution in [-0.4, -0.2) is 40.8 Å². The van der Waals surface area contributed by atoms with Crippen LogP contribution < -0.4 is 10.6 Å². The van der Waals surface area contributed by atoms with Gasteiger partial charge in [-0.15, -0.1) is 24.0 Å². The highest BCUT2D eigenvalue weighted by Gasteiger charge is 2.27. The van der Waals surface area contributed by atoms with E-state index < -0.39 is 10.8 Å². The monoisotopic (exact) mass is 505 g/mol. The first-order valence-corrected chi connectivity index (χ1v) is 11.2. The first kappa shape index (κ1) is 24.4. The molecule has 3 atom stereocenters. The van der Waals surface area contributed by atoms with Crippen LogP contribution in [0.2, 0.25) is 0 Å². The highest BCUT2D eigenvalue weighted by atomic mass is 127. The summed E-state index contributed by atoms with van der Waals surface area (Å²) in [5.41, 5.74) is 2.69. The second kappa shape index (κ2) is 11.4. The van der Waals surface area contributed by atoms with Crippen LogP contribution in [0.25, 0.3) is 0 Å². The number of nitrogens with zero attached hydrogens (tertiary/aromatic N) is 1. The predicted molar refractivity (Wildman–Crippen MR) is 129 cm³/mol. The Kier molecular flexibility index (Phi) is 10.3. The van der Waals surface area contributed by atoms with Gasteiger partial charge in [-0.3, -0.25) is 9.20 Å². The van der Waals surface area contributed by atoms with Crippen molar-refractivity contribution in [3.05, 3.63) is 35.4 Å². The zero-order chi connectivity index (χ0) is 19.2. The van der Waals surface area contributed by atoms with Crippen LogP contribution in [0.3, 0.4) is 0 Å². The third-order valence-corrected chi connectivity index (χ3v) is 7.16. The number of hydrogen-bond acceptors (Lipinski definition) is 2. The summed E-state index contributed by atoms with van der Waals surface area (Å²) in [6.45, 7) is 9.52. The Morgan fingerprint density at radius 1 is 1.30 bits per heavy atom. The fourth-order valence-corrected chi connectivity index (χ4v) is 5.22. The van der Waals surface area contributed by atoms with E-state index in [0.29, 0.717) is 11.3 Å². The lowest BCUT2D eigenvalue weighted by Gasteiger charge is -2.32. The van der Waals surface area contributed by atoms with E-state index in [1.807, 2.05) is 14.0 Å². The molecule has 3 unspecified atom stereocenters. The molecule has 1 aliphatic carbocycles. The molecule has 0 amide bonds. The third-order valence-electron chi connectivity index (χ3n) is 5.42. The van der Waals surface area contributed by atoms with Crippen molar-refractivity contribution in [2.45, 2.75) is 70.1 Å². The van der Waals surface area contributed by atoms with Gasteiger partial charge in [0.2, 0.25) is 0 Å². The number of aliphatic imine (C=N–C) groups is 1. The maximum Gasteiger partial charge on any atom is 0.191 e. The fraction of sp³-hybridized carbons (Fsp3) is 0.667. The minimum atomic E-state index is -0.697. The Morgan fingerprint density at radius 3 is 2.63 bits per heavy atom. The number of guanidine groups is 1. The van der Waals surface area contributed by atoms with Crippen molar-refractivity contribution in [1.82, 2.24) is 10.6 Å². The summed E-state index contributed by atoms with van der Waals surface area (Å²) in [7, 11) is 1.12. The molecule has 1 aromatic rings. The van der Waals surface area contributed by atoms with Crippen LogP contribution in [0.5, 0.6) is 0 Å². The van der Waals surface area contributed by atoms with E-state index in [9.17, 15) is 4.21 Å². The van der Waals surface area contributed by atoms with E-state index in [4.69, 9.17) is 0 Å². The Balaban J connectivity index is 0.00000364. The van der Waals surface area contributed by atoms with E-state index >= 15 is 0 Å². The highest BCUT2D eigenvalue weighted by molar-refractivity contribution is 14.0. The zero-order valence-electron chi connectivity index (χ0n) is 17.4. The summed E-state index contributed by atoms with van der Waals surface area (Å²) in [6.07, 6.45) is 4.33. The number of nitrogens with one attached hydrogen (secondary N) is 2. The molecule has 1 aliphatic rings. The second-order valence-corrected chi connectivity index (χ2v) is 9.93. The number of hydrogen-bond donors (Lipinski definition) is 2. The molecule has 2 rings (SSSR count). The Hall–Kier alpha value is -0.630. The maximum atomic E-state index is 12.2. The molecule has 27 heavy (non-hydrogen) atoms. The van der Waals surface area contributed by atoms with Crippen LogP contribution in [0, 0.1) is 6.92 Å². The molecule has 0 heterocycles. The molecular weight excluding hydrogens is 469 g/mol. The molecule has 0 bridgehead atoms. The summed E-state index contributed by atoms with van der Waals surface area (Å²) >= 11 is 0. The molecule has 4 nitrogen and oxygen atoms in total. The van der Waals surface area contributed by atoms with Gasteiger partial charge in [-0.25, -0.2) is 0 Å². The minimum Gasteiger partial charge on any atom is -0.356 e. The summed E-state index contributed by atoms with van der Waals surface area (Å²) in [5.74, 6) is 1.61. The van der Waals surface area contributed by atoms with Crippen molar-refractivity contribution < 1.29 is 4.21 Å². The average molecular weight is 506 g/mol. The van der Waals surface area contributed by atoms with Gasteiger partial charge in [-0.2, -0.15) is 0 Å². The average Bonchev–Trinajstić information content (AvgIpc) is 2.64. The fourth-order valence-electron chi connectivity index (χ4n) is 3.87. The number of halogens is 1. The molecule has 1 aromatic carbocycles. The van der Waals surface area contributed by atoms with Crippen LogP contribution in [0.4, 0.5) is 0 Å². The molecule has 0 aromatic heterocycles. The highest BCUT2D eigenvalue weighted by Crippen LogP contribution is 2.26. The molecule has 154 valence electrons. The largest absolute Gasteiger partial charge is 0.356 e. The molecule has 0 radical (unpaired) electrons. The van der Waals surface area contributed by atoms with Crippen molar-refractivity contribution in [3.8, 4) is 0 Å². The standard InChI is InChI=1S/C21H35N3OS.HI/c1-6-26(25)18-12-9-11-17(14-18)24-20(22-5)23-15-21(3,4)19-13-8-7-10-16(19)2;/h7-8,10,13,17-18H,6,9,11-12,14-15H2,1-5H3,(H2,22,23,24);1H. The molecule has 0 saturated heterocycles. The predicted octanol–water partition coefficient (Wildman–Crippen LogP) is 4.14. The second-order valence-electron chi connectivity index (χ2n) is 7.92. The summed E-state index contributed by atoms with van der Waals surface area (Å²) in [4.78, 5) is 4.41. The van der Waals surface area contributed by atoms with E-state index in [0.717, 1.165) is 43.9 Å². The topological polar surface area (TPSA) is 53.5 Å². The van der Waals surface area contributed by atoms with Gasteiger partial charge in [0, 0.05) is 46.9 Å². The van der Waals surface area contributed by atoms with Gasteiger partial charge in [0.1, 0.15) is 0 Å². The van der Waals surface area contributed by atoms with Gasteiger partial charge in [-0.1, -0.05) is 51.5 Å². The summed E-state index contributed by atoms with van der Waals surface area (Å²) < 4.78 is 12.2. The molecule has 6 heteroatoms. The molecule has 1 saturated carbocycles. The lowest BCUT2D eigenvalue weighted by Crippen LogP contribution is -2.49. The van der Waals surface area contributed by atoms with Crippen LogP contribution in [0.1, 0.15) is 57.6 Å². The van der Waals surface area contributed by atoms with Crippen LogP contribution in [0.15, 0.2) is 29.3 Å². The normalized spacial score (nSPS) is 21.9. The maximum absolute atomic E-state index is 12.2. The number of rotatable bonds is 6. The van der Waals surface area contributed by atoms with Crippen molar-refractivity contribution in [1.29, 1.82) is 0 Å². The quantitative estimate of drug-likeness (QED) is 0.347. The Morgan fingerprint density at radius 2 is 2.00 bits per heavy atom.